The Kier molecular flexibility index (Phi) is 4.29. The summed E-state index contributed by atoms with van der Waals surface area (Å²) in [5.41, 5.74) is 6.02. The lowest BCUT2D eigenvalue weighted by Gasteiger charge is -2.08. The normalized spacial score (nSPS) is 11.3. The summed E-state index contributed by atoms with van der Waals surface area (Å²) < 4.78 is 1.93. The predicted octanol–water partition coefficient (Wildman–Crippen LogP) is 5.72. The summed E-state index contributed by atoms with van der Waals surface area (Å²) in [4.78, 5) is 9.39. The Morgan fingerprint density at radius 1 is 0.929 bits per heavy atom. The number of hydrogen-bond acceptors (Lipinski definition) is 4. The minimum absolute atomic E-state index is 0.887. The third kappa shape index (κ3) is 2.84. The smallest absolute Gasteiger partial charge is 0.120 e. The molecule has 4 nitrogen and oxygen atoms in total. The van der Waals surface area contributed by atoms with Crippen molar-refractivity contribution in [2.45, 2.75) is 11.9 Å². The molecule has 5 aromatic rings. The number of aromatic nitrogens is 4. The van der Waals surface area contributed by atoms with E-state index in [0.717, 1.165) is 49.7 Å². The molecule has 0 radical (unpaired) electrons. The molecule has 4 aromatic heterocycles. The van der Waals surface area contributed by atoms with Crippen LogP contribution in [0, 0.1) is 0 Å². The summed E-state index contributed by atoms with van der Waals surface area (Å²) >= 11 is 1.74. The van der Waals surface area contributed by atoms with Crippen LogP contribution >= 0.6 is 11.8 Å². The minimum atomic E-state index is 0.887. The summed E-state index contributed by atoms with van der Waals surface area (Å²) in [5.74, 6) is 0.990. The average molecular weight is 382 g/mol. The van der Waals surface area contributed by atoms with Crippen molar-refractivity contribution in [1.82, 2.24) is 19.6 Å². The maximum atomic E-state index is 4.89. The molecular formula is C23H18N4S. The molecule has 4 heterocycles. The zero-order valence-corrected chi connectivity index (χ0v) is 16.2. The van der Waals surface area contributed by atoms with Crippen molar-refractivity contribution in [3.8, 4) is 22.5 Å². The number of pyridine rings is 3. The van der Waals surface area contributed by atoms with E-state index in [1.165, 1.54) is 0 Å². The van der Waals surface area contributed by atoms with Crippen LogP contribution in [0.3, 0.4) is 0 Å². The molecule has 0 fully saturated rings. The molecular weight excluding hydrogens is 364 g/mol. The largest absolute Gasteiger partial charge is 0.256 e. The van der Waals surface area contributed by atoms with E-state index in [1.807, 2.05) is 47.2 Å². The van der Waals surface area contributed by atoms with E-state index >= 15 is 0 Å². The van der Waals surface area contributed by atoms with Gasteiger partial charge in [0.2, 0.25) is 0 Å². The molecule has 5 heteroatoms. The van der Waals surface area contributed by atoms with Crippen LogP contribution in [0.2, 0.25) is 0 Å². The molecule has 0 aliphatic rings. The highest BCUT2D eigenvalue weighted by atomic mass is 32.2. The lowest BCUT2D eigenvalue weighted by molar-refractivity contribution is 0.958. The first-order chi connectivity index (χ1) is 13.8. The first-order valence-electron chi connectivity index (χ1n) is 9.27. The van der Waals surface area contributed by atoms with Crippen LogP contribution in [0.5, 0.6) is 0 Å². The number of nitrogens with zero attached hydrogens (tertiary/aromatic N) is 4. The van der Waals surface area contributed by atoms with E-state index in [-0.39, 0.29) is 0 Å². The Labute approximate surface area is 167 Å². The molecule has 136 valence electrons. The van der Waals surface area contributed by atoms with Gasteiger partial charge in [0.15, 0.2) is 0 Å². The van der Waals surface area contributed by atoms with Crippen molar-refractivity contribution in [3.05, 3.63) is 79.1 Å². The van der Waals surface area contributed by atoms with Crippen LogP contribution in [-0.4, -0.2) is 25.3 Å². The Bertz CT molecular complexity index is 1290. The van der Waals surface area contributed by atoms with E-state index in [0.29, 0.717) is 0 Å². The number of hydrogen-bond donors (Lipinski definition) is 0. The second kappa shape index (κ2) is 7.09. The molecule has 0 aliphatic heterocycles. The molecule has 1 aromatic carbocycles. The molecule has 0 atom stereocenters. The zero-order valence-electron chi connectivity index (χ0n) is 15.4. The second-order valence-electron chi connectivity index (χ2n) is 6.42. The van der Waals surface area contributed by atoms with Gasteiger partial charge < -0.3 is 0 Å². The van der Waals surface area contributed by atoms with Gasteiger partial charge in [0.1, 0.15) is 5.69 Å². The molecule has 0 spiro atoms. The van der Waals surface area contributed by atoms with Crippen molar-refractivity contribution < 1.29 is 0 Å². The fourth-order valence-corrected chi connectivity index (χ4v) is 4.17. The van der Waals surface area contributed by atoms with Crippen molar-refractivity contribution in [3.63, 3.8) is 0 Å². The lowest BCUT2D eigenvalue weighted by atomic mass is 9.98. The van der Waals surface area contributed by atoms with Crippen molar-refractivity contribution in [2.75, 3.05) is 5.75 Å². The number of rotatable bonds is 4. The van der Waals surface area contributed by atoms with Gasteiger partial charge >= 0.3 is 0 Å². The first-order valence-corrected chi connectivity index (χ1v) is 10.3. The highest BCUT2D eigenvalue weighted by Gasteiger charge is 2.19. The van der Waals surface area contributed by atoms with E-state index in [9.17, 15) is 0 Å². The van der Waals surface area contributed by atoms with Crippen LogP contribution in [0.1, 0.15) is 6.92 Å². The number of thioether (sulfide) groups is 1. The number of benzene rings is 1. The Morgan fingerprint density at radius 2 is 1.82 bits per heavy atom. The van der Waals surface area contributed by atoms with Crippen molar-refractivity contribution >= 4 is 28.2 Å². The van der Waals surface area contributed by atoms with E-state index in [4.69, 9.17) is 10.1 Å². The monoisotopic (exact) mass is 382 g/mol. The maximum Gasteiger partial charge on any atom is 0.120 e. The van der Waals surface area contributed by atoms with Gasteiger partial charge in [-0.15, -0.1) is 11.8 Å². The van der Waals surface area contributed by atoms with Gasteiger partial charge in [-0.3, -0.25) is 4.98 Å². The van der Waals surface area contributed by atoms with Gasteiger partial charge in [-0.2, -0.15) is 5.10 Å². The first kappa shape index (κ1) is 17.0. The quantitative estimate of drug-likeness (QED) is 0.373. The average Bonchev–Trinajstić information content (AvgIpc) is 3.13. The van der Waals surface area contributed by atoms with Crippen LogP contribution in [-0.2, 0) is 0 Å². The van der Waals surface area contributed by atoms with Gasteiger partial charge in [0, 0.05) is 23.3 Å². The second-order valence-corrected chi connectivity index (χ2v) is 7.71. The van der Waals surface area contributed by atoms with Gasteiger partial charge in [0.25, 0.3) is 0 Å². The summed E-state index contributed by atoms with van der Waals surface area (Å²) in [6.45, 7) is 2.14. The molecule has 0 N–H and O–H groups in total. The highest BCUT2D eigenvalue weighted by molar-refractivity contribution is 7.99. The van der Waals surface area contributed by atoms with Crippen LogP contribution in [0.15, 0.2) is 84.1 Å². The minimum Gasteiger partial charge on any atom is -0.256 e. The lowest BCUT2D eigenvalue weighted by Crippen LogP contribution is -1.90. The molecule has 0 unspecified atom stereocenters. The van der Waals surface area contributed by atoms with E-state index < -0.39 is 0 Å². The van der Waals surface area contributed by atoms with Crippen LogP contribution in [0.4, 0.5) is 0 Å². The number of fused-ring (bicyclic) bond motifs is 2. The van der Waals surface area contributed by atoms with Crippen LogP contribution in [0.25, 0.3) is 38.9 Å². The summed E-state index contributed by atoms with van der Waals surface area (Å²) in [6, 6.07) is 22.6. The molecule has 0 saturated heterocycles. The molecule has 0 bridgehead atoms. The molecule has 0 saturated carbocycles. The summed E-state index contributed by atoms with van der Waals surface area (Å²) in [6.07, 6.45) is 3.85. The number of para-hydroxylation sites is 1. The summed E-state index contributed by atoms with van der Waals surface area (Å²) in [7, 11) is 0. The highest BCUT2D eigenvalue weighted by Crippen LogP contribution is 2.38. The van der Waals surface area contributed by atoms with E-state index in [1.54, 1.807) is 11.8 Å². The van der Waals surface area contributed by atoms with Gasteiger partial charge in [-0.1, -0.05) is 37.3 Å². The van der Waals surface area contributed by atoms with Crippen molar-refractivity contribution in [2.24, 2.45) is 0 Å². The maximum absolute atomic E-state index is 4.89. The van der Waals surface area contributed by atoms with Gasteiger partial charge in [0.05, 0.1) is 21.8 Å². The summed E-state index contributed by atoms with van der Waals surface area (Å²) in [5, 5.41) is 7.02. The van der Waals surface area contributed by atoms with Gasteiger partial charge in [-0.25, -0.2) is 9.50 Å². The molecule has 0 amide bonds. The SMILES string of the molecule is CCSc1cccc(-c2nn3ccccc3c2-c2ccnc3ccccc23)n1. The predicted molar refractivity (Wildman–Crippen MR) is 116 cm³/mol. The topological polar surface area (TPSA) is 43.1 Å². The van der Waals surface area contributed by atoms with E-state index in [2.05, 4.69) is 48.3 Å². The Morgan fingerprint density at radius 3 is 2.75 bits per heavy atom. The molecule has 0 aliphatic carbocycles. The standard InChI is InChI=1S/C23H18N4S/c1-2-28-21-12-7-10-19(25-21)23-22(20-11-5-6-15-27(20)26-23)17-13-14-24-18-9-4-3-8-16(17)18/h3-15H,2H2,1H3. The molecule has 28 heavy (non-hydrogen) atoms. The fraction of sp³-hybridized carbons (Fsp3) is 0.0870. The third-order valence-electron chi connectivity index (χ3n) is 4.72. The molecule has 5 rings (SSSR count). The van der Waals surface area contributed by atoms with Crippen LogP contribution < -0.4 is 0 Å². The Hall–Kier alpha value is -3.18. The van der Waals surface area contributed by atoms with Gasteiger partial charge in [-0.05, 0) is 47.7 Å². The van der Waals surface area contributed by atoms with Crippen molar-refractivity contribution in [1.29, 1.82) is 0 Å². The zero-order chi connectivity index (χ0) is 18.9. The Balaban J connectivity index is 1.83. The fourth-order valence-electron chi connectivity index (χ4n) is 3.53. The third-order valence-corrected chi connectivity index (χ3v) is 5.53.